The lowest BCUT2D eigenvalue weighted by Gasteiger charge is -2.13. The van der Waals surface area contributed by atoms with Crippen molar-refractivity contribution in [2.45, 2.75) is 17.6 Å². The molecule has 0 fully saturated rings. The van der Waals surface area contributed by atoms with E-state index in [1.807, 2.05) is 31.2 Å². The minimum Gasteiger partial charge on any atom is -0.494 e. The lowest BCUT2D eigenvalue weighted by atomic mass is 10.1. The van der Waals surface area contributed by atoms with Crippen molar-refractivity contribution in [3.8, 4) is 5.75 Å². The second kappa shape index (κ2) is 9.62. The van der Waals surface area contributed by atoms with Crippen molar-refractivity contribution in [3.63, 3.8) is 0 Å². The molecule has 0 spiro atoms. The van der Waals surface area contributed by atoms with Crippen LogP contribution in [0.3, 0.4) is 0 Å². The third-order valence-electron chi connectivity index (χ3n) is 3.95. The molecule has 1 amide bonds. The zero-order valence-corrected chi connectivity index (χ0v) is 16.8. The molecule has 144 valence electrons. The Balaban J connectivity index is 1.79. The second-order valence-electron chi connectivity index (χ2n) is 5.93. The number of anilines is 1. The van der Waals surface area contributed by atoms with Crippen LogP contribution in [0, 0.1) is 5.82 Å². The molecule has 0 unspecified atom stereocenters. The highest BCUT2D eigenvalue weighted by Crippen LogP contribution is 2.30. The van der Waals surface area contributed by atoms with Crippen molar-refractivity contribution in [1.29, 1.82) is 0 Å². The second-order valence-corrected chi connectivity index (χ2v) is 7.42. The van der Waals surface area contributed by atoms with Crippen LogP contribution in [0.15, 0.2) is 71.6 Å². The lowest BCUT2D eigenvalue weighted by molar-refractivity contribution is 0.102. The Labute approximate surface area is 172 Å². The van der Waals surface area contributed by atoms with Gasteiger partial charge in [0.1, 0.15) is 11.6 Å². The van der Waals surface area contributed by atoms with Crippen molar-refractivity contribution in [1.82, 2.24) is 0 Å². The number of carbonyl (C=O) groups excluding carboxylic acids is 1. The van der Waals surface area contributed by atoms with E-state index in [2.05, 4.69) is 5.32 Å². The maximum atomic E-state index is 13.8. The van der Waals surface area contributed by atoms with Gasteiger partial charge < -0.3 is 10.1 Å². The van der Waals surface area contributed by atoms with Crippen LogP contribution in [-0.2, 0) is 5.75 Å². The summed E-state index contributed by atoms with van der Waals surface area (Å²) >= 11 is 7.55. The lowest BCUT2D eigenvalue weighted by Crippen LogP contribution is -2.13. The van der Waals surface area contributed by atoms with Crippen LogP contribution in [0.4, 0.5) is 10.1 Å². The number of para-hydroxylation sites is 1. The molecule has 0 radical (unpaired) electrons. The van der Waals surface area contributed by atoms with Gasteiger partial charge in [-0.3, -0.25) is 4.79 Å². The number of hydrogen-bond acceptors (Lipinski definition) is 3. The van der Waals surface area contributed by atoms with E-state index in [1.165, 1.54) is 12.1 Å². The molecule has 0 aliphatic heterocycles. The molecule has 3 rings (SSSR count). The first kappa shape index (κ1) is 20.2. The number of hydrogen-bond donors (Lipinski definition) is 1. The van der Waals surface area contributed by atoms with Gasteiger partial charge in [-0.1, -0.05) is 23.7 Å². The number of thioether (sulfide) groups is 1. The number of benzene rings is 3. The van der Waals surface area contributed by atoms with Gasteiger partial charge in [0.25, 0.3) is 5.91 Å². The van der Waals surface area contributed by atoms with Gasteiger partial charge in [0.05, 0.1) is 12.3 Å². The summed E-state index contributed by atoms with van der Waals surface area (Å²) in [6.45, 7) is 2.44. The van der Waals surface area contributed by atoms with Crippen LogP contribution in [0.5, 0.6) is 5.75 Å². The Morgan fingerprint density at radius 1 is 1.11 bits per heavy atom. The number of nitrogens with one attached hydrogen (secondary N) is 1. The zero-order valence-electron chi connectivity index (χ0n) is 15.2. The summed E-state index contributed by atoms with van der Waals surface area (Å²) in [5.74, 6) is 0.509. The molecule has 3 aromatic rings. The molecule has 0 aliphatic rings. The van der Waals surface area contributed by atoms with Crippen LogP contribution in [0.2, 0.25) is 5.02 Å². The van der Waals surface area contributed by atoms with Crippen molar-refractivity contribution in [2.75, 3.05) is 11.9 Å². The molecule has 0 heterocycles. The molecular formula is C22H19ClFNO2S. The fraction of sp³-hybridized carbons (Fsp3) is 0.136. The summed E-state index contributed by atoms with van der Waals surface area (Å²) in [6.07, 6.45) is 0. The van der Waals surface area contributed by atoms with E-state index in [9.17, 15) is 9.18 Å². The number of ether oxygens (including phenoxy) is 1. The third-order valence-corrected chi connectivity index (χ3v) is 5.27. The Kier molecular flexibility index (Phi) is 6.95. The van der Waals surface area contributed by atoms with Crippen molar-refractivity contribution >= 4 is 35.0 Å². The topological polar surface area (TPSA) is 38.3 Å². The minimum atomic E-state index is -0.472. The number of halogens is 2. The SMILES string of the molecule is CCOc1ccc(C(=O)Nc2ccccc2F)cc1CSc1ccc(Cl)cc1. The molecule has 0 atom stereocenters. The van der Waals surface area contributed by atoms with Gasteiger partial charge in [-0.25, -0.2) is 4.39 Å². The summed E-state index contributed by atoms with van der Waals surface area (Å²) < 4.78 is 19.5. The summed E-state index contributed by atoms with van der Waals surface area (Å²) in [6, 6.07) is 18.9. The van der Waals surface area contributed by atoms with Crippen LogP contribution in [0.25, 0.3) is 0 Å². The first-order valence-corrected chi connectivity index (χ1v) is 10.1. The normalized spacial score (nSPS) is 10.5. The van der Waals surface area contributed by atoms with Gasteiger partial charge in [-0.15, -0.1) is 11.8 Å². The largest absolute Gasteiger partial charge is 0.494 e. The van der Waals surface area contributed by atoms with Crippen molar-refractivity contribution < 1.29 is 13.9 Å². The number of carbonyl (C=O) groups is 1. The van der Waals surface area contributed by atoms with Crippen LogP contribution < -0.4 is 10.1 Å². The van der Waals surface area contributed by atoms with E-state index in [1.54, 1.807) is 42.1 Å². The summed E-state index contributed by atoms with van der Waals surface area (Å²) in [5.41, 5.74) is 1.49. The highest BCUT2D eigenvalue weighted by Gasteiger charge is 2.13. The Bertz CT molecular complexity index is 963. The van der Waals surface area contributed by atoms with E-state index in [0.717, 1.165) is 16.2 Å². The van der Waals surface area contributed by atoms with Gasteiger partial charge in [0.2, 0.25) is 0 Å². The zero-order chi connectivity index (χ0) is 19.9. The molecule has 3 nitrogen and oxygen atoms in total. The highest BCUT2D eigenvalue weighted by atomic mass is 35.5. The molecular weight excluding hydrogens is 397 g/mol. The first-order valence-electron chi connectivity index (χ1n) is 8.77. The molecule has 0 bridgehead atoms. The molecule has 0 saturated carbocycles. The fourth-order valence-electron chi connectivity index (χ4n) is 2.58. The molecule has 0 aliphatic carbocycles. The van der Waals surface area contributed by atoms with E-state index in [4.69, 9.17) is 16.3 Å². The van der Waals surface area contributed by atoms with E-state index in [0.29, 0.717) is 22.9 Å². The van der Waals surface area contributed by atoms with Crippen LogP contribution in [-0.4, -0.2) is 12.5 Å². The van der Waals surface area contributed by atoms with Crippen LogP contribution >= 0.6 is 23.4 Å². The maximum Gasteiger partial charge on any atom is 0.255 e. The van der Waals surface area contributed by atoms with Gasteiger partial charge in [0, 0.05) is 26.8 Å². The average Bonchev–Trinajstić information content (AvgIpc) is 2.70. The van der Waals surface area contributed by atoms with E-state index in [-0.39, 0.29) is 11.6 Å². The molecule has 0 saturated heterocycles. The Hall–Kier alpha value is -2.50. The Morgan fingerprint density at radius 2 is 1.86 bits per heavy atom. The van der Waals surface area contributed by atoms with Gasteiger partial charge in [0.15, 0.2) is 0 Å². The van der Waals surface area contributed by atoms with Crippen LogP contribution in [0.1, 0.15) is 22.8 Å². The van der Waals surface area contributed by atoms with Gasteiger partial charge in [-0.05, 0) is 61.5 Å². The molecule has 3 aromatic carbocycles. The van der Waals surface area contributed by atoms with Crippen molar-refractivity contribution in [2.24, 2.45) is 0 Å². The number of rotatable bonds is 7. The third kappa shape index (κ3) is 5.27. The van der Waals surface area contributed by atoms with E-state index >= 15 is 0 Å². The first-order chi connectivity index (χ1) is 13.6. The molecule has 0 aromatic heterocycles. The Morgan fingerprint density at radius 3 is 2.57 bits per heavy atom. The highest BCUT2D eigenvalue weighted by molar-refractivity contribution is 7.98. The summed E-state index contributed by atoms with van der Waals surface area (Å²) in [7, 11) is 0. The fourth-order valence-corrected chi connectivity index (χ4v) is 3.58. The van der Waals surface area contributed by atoms with Gasteiger partial charge >= 0.3 is 0 Å². The molecule has 1 N–H and O–H groups in total. The average molecular weight is 416 g/mol. The predicted molar refractivity (Wildman–Crippen MR) is 113 cm³/mol. The summed E-state index contributed by atoms with van der Waals surface area (Å²) in [5, 5.41) is 3.30. The molecule has 28 heavy (non-hydrogen) atoms. The predicted octanol–water partition coefficient (Wildman–Crippen LogP) is 6.42. The van der Waals surface area contributed by atoms with E-state index < -0.39 is 5.82 Å². The van der Waals surface area contributed by atoms with Gasteiger partial charge in [-0.2, -0.15) is 0 Å². The quantitative estimate of drug-likeness (QED) is 0.452. The minimum absolute atomic E-state index is 0.151. The molecule has 6 heteroatoms. The monoisotopic (exact) mass is 415 g/mol. The maximum absolute atomic E-state index is 13.8. The number of amides is 1. The standard InChI is InChI=1S/C22H19ClFNO2S/c1-2-27-21-12-7-15(22(26)25-20-6-4-3-5-19(20)24)13-16(21)14-28-18-10-8-17(23)9-11-18/h3-13H,2,14H2,1H3,(H,25,26). The van der Waals surface area contributed by atoms with Crippen molar-refractivity contribution in [3.05, 3.63) is 88.7 Å². The smallest absolute Gasteiger partial charge is 0.255 e. The summed E-state index contributed by atoms with van der Waals surface area (Å²) in [4.78, 5) is 13.6.